The van der Waals surface area contributed by atoms with Gasteiger partial charge in [0.05, 0.1) is 13.7 Å². The van der Waals surface area contributed by atoms with Gasteiger partial charge in [-0.15, -0.1) is 0 Å². The van der Waals surface area contributed by atoms with Crippen LogP contribution in [0, 0.1) is 0 Å². The minimum atomic E-state index is -0.633. The summed E-state index contributed by atoms with van der Waals surface area (Å²) in [6.45, 7) is 22.1. The maximum absolute atomic E-state index is 9.47. The fraction of sp³-hybridized carbons (Fsp3) is 0.175. The van der Waals surface area contributed by atoms with Crippen molar-refractivity contribution in [3.05, 3.63) is 276 Å². The predicted molar refractivity (Wildman–Crippen MR) is 359 cm³/mol. The molecule has 0 bridgehead atoms. The molecule has 0 aromatic heterocycles. The normalized spacial score (nSPS) is 16.3. The van der Waals surface area contributed by atoms with Crippen molar-refractivity contribution in [3.8, 4) is 44.5 Å². The van der Waals surface area contributed by atoms with Crippen LogP contribution in [0.15, 0.2) is 242 Å². The van der Waals surface area contributed by atoms with Crippen molar-refractivity contribution < 1.29 is 13.7 Å². The van der Waals surface area contributed by atoms with E-state index < -0.39 is 67.1 Å². The Labute approximate surface area is 511 Å². The molecule has 2 aliphatic carbocycles. The van der Waals surface area contributed by atoms with Crippen molar-refractivity contribution in [1.29, 1.82) is 0 Å². The van der Waals surface area contributed by atoms with Crippen LogP contribution < -0.4 is 31.1 Å². The topological polar surface area (TPSA) is 9.72 Å². The molecule has 0 fully saturated rings. The molecule has 0 saturated carbocycles. The summed E-state index contributed by atoms with van der Waals surface area (Å²) in [6, 6.07) is 59.6. The van der Waals surface area contributed by atoms with Gasteiger partial charge in [-0.05, 0) is 184 Å². The van der Waals surface area contributed by atoms with Crippen LogP contribution in [0.25, 0.3) is 44.5 Å². The first kappa shape index (κ1) is 41.8. The van der Waals surface area contributed by atoms with E-state index in [1.807, 2.05) is 12.1 Å². The highest BCUT2D eigenvalue weighted by atomic mass is 15.2. The van der Waals surface area contributed by atoms with Crippen LogP contribution in [-0.2, 0) is 21.7 Å². The Morgan fingerprint density at radius 2 is 0.845 bits per heavy atom. The molecule has 2 aliphatic heterocycles. The van der Waals surface area contributed by atoms with Gasteiger partial charge in [0.2, 0.25) is 0 Å². The van der Waals surface area contributed by atoms with Crippen LogP contribution in [0.5, 0.6) is 0 Å². The third-order valence-corrected chi connectivity index (χ3v) is 18.5. The maximum atomic E-state index is 9.47. The quantitative estimate of drug-likeness (QED) is 0.147. The molecule has 4 heteroatoms. The average molecular weight is 1090 g/mol. The lowest BCUT2D eigenvalue weighted by molar-refractivity contribution is 0.590. The van der Waals surface area contributed by atoms with Crippen LogP contribution in [0.2, 0.25) is 0 Å². The lowest BCUT2D eigenvalue weighted by Crippen LogP contribution is -2.61. The van der Waals surface area contributed by atoms with E-state index >= 15 is 0 Å². The van der Waals surface area contributed by atoms with Gasteiger partial charge < -0.3 is 14.7 Å². The molecule has 0 unspecified atom stereocenters. The van der Waals surface area contributed by atoms with Crippen molar-refractivity contribution in [2.45, 2.75) is 90.9 Å². The second-order valence-electron chi connectivity index (χ2n) is 26.2. The van der Waals surface area contributed by atoms with Crippen LogP contribution >= 0.6 is 0 Å². The van der Waals surface area contributed by atoms with Gasteiger partial charge in [0.1, 0.15) is 0 Å². The molecule has 4 aliphatic rings. The van der Waals surface area contributed by atoms with Crippen molar-refractivity contribution in [1.82, 2.24) is 0 Å². The number of para-hydroxylation sites is 2. The third-order valence-electron chi connectivity index (χ3n) is 18.5. The SMILES string of the molecule is [2H]c1c([2H])c([2H])c(N(c2ccc3c(c2)N(c2ccc(C(C)(C)C)cc2)c2cc(C(C)(C)C)cc4c2B3c2cc(-c3cccc5c3C(C)(C)c3ccccc3-5)ccc2N4c2ccc(-c3cccc4c3C(C)(C)c3ccccc3-4)cc2)c2c([2H])c([2H])c([2H])c([2H])c2[2H])c([2H])c1[2H]. The van der Waals surface area contributed by atoms with E-state index in [0.717, 1.165) is 72.6 Å². The molecule has 11 aromatic carbocycles. The van der Waals surface area contributed by atoms with E-state index in [9.17, 15) is 5.48 Å². The predicted octanol–water partition coefficient (Wildman–Crippen LogP) is 19.8. The minimum absolute atomic E-state index is 0.188. The van der Waals surface area contributed by atoms with E-state index in [2.05, 4.69) is 243 Å². The fourth-order valence-electron chi connectivity index (χ4n) is 14.4. The Bertz CT molecular complexity index is 4950. The Hall–Kier alpha value is -9.12. The second kappa shape index (κ2) is 18.7. The van der Waals surface area contributed by atoms with E-state index in [-0.39, 0.29) is 38.7 Å². The second-order valence-corrected chi connectivity index (χ2v) is 26.2. The molecular formula is C80H70BN3. The van der Waals surface area contributed by atoms with Crippen molar-refractivity contribution >= 4 is 74.3 Å². The number of hydrogen-bond donors (Lipinski definition) is 0. The van der Waals surface area contributed by atoms with Crippen molar-refractivity contribution in [2.75, 3.05) is 14.7 Å². The van der Waals surface area contributed by atoms with Gasteiger partial charge in [-0.1, -0.05) is 233 Å². The number of benzene rings is 11. The number of anilines is 9. The molecule has 2 heterocycles. The number of hydrogen-bond acceptors (Lipinski definition) is 3. The van der Waals surface area contributed by atoms with Crippen LogP contribution in [-0.4, -0.2) is 6.71 Å². The molecule has 15 rings (SSSR count). The lowest BCUT2D eigenvalue weighted by atomic mass is 9.33. The van der Waals surface area contributed by atoms with Gasteiger partial charge in [-0.25, -0.2) is 0 Å². The largest absolute Gasteiger partial charge is 0.311 e. The van der Waals surface area contributed by atoms with Gasteiger partial charge in [0, 0.05) is 62.0 Å². The highest BCUT2D eigenvalue weighted by molar-refractivity contribution is 7.00. The van der Waals surface area contributed by atoms with E-state index in [4.69, 9.17) is 8.22 Å². The maximum Gasteiger partial charge on any atom is 0.252 e. The molecular weight excluding hydrogens is 1010 g/mol. The minimum Gasteiger partial charge on any atom is -0.311 e. The first-order valence-electron chi connectivity index (χ1n) is 34.3. The molecule has 0 N–H and O–H groups in total. The van der Waals surface area contributed by atoms with Gasteiger partial charge in [0.25, 0.3) is 6.71 Å². The van der Waals surface area contributed by atoms with E-state index in [0.29, 0.717) is 5.69 Å². The summed E-state index contributed by atoms with van der Waals surface area (Å²) in [5, 5.41) is 0. The molecule has 0 spiro atoms. The highest BCUT2D eigenvalue weighted by Crippen LogP contribution is 2.55. The van der Waals surface area contributed by atoms with Gasteiger partial charge in [-0.2, -0.15) is 0 Å². The smallest absolute Gasteiger partial charge is 0.252 e. The summed E-state index contributed by atoms with van der Waals surface area (Å²) in [5.41, 5.74) is 23.6. The molecule has 0 radical (unpaired) electrons. The Balaban J connectivity index is 1.02. The monoisotopic (exact) mass is 1090 g/mol. The average Bonchev–Trinajstić information content (AvgIpc) is 0.932. The van der Waals surface area contributed by atoms with E-state index in [1.165, 1.54) is 55.0 Å². The molecule has 0 saturated heterocycles. The zero-order valence-electron chi connectivity index (χ0n) is 59.2. The van der Waals surface area contributed by atoms with Crippen LogP contribution in [0.3, 0.4) is 0 Å². The zero-order chi connectivity index (χ0) is 66.3. The third kappa shape index (κ3) is 7.86. The number of nitrogens with zero attached hydrogens (tertiary/aromatic N) is 3. The summed E-state index contributed by atoms with van der Waals surface area (Å²) >= 11 is 0. The summed E-state index contributed by atoms with van der Waals surface area (Å²) in [5.74, 6) is 0. The van der Waals surface area contributed by atoms with Crippen molar-refractivity contribution in [3.63, 3.8) is 0 Å². The summed E-state index contributed by atoms with van der Waals surface area (Å²) in [4.78, 5) is 5.97. The highest BCUT2D eigenvalue weighted by Gasteiger charge is 2.46. The summed E-state index contributed by atoms with van der Waals surface area (Å²) in [6.07, 6.45) is 0. The van der Waals surface area contributed by atoms with Gasteiger partial charge in [0.15, 0.2) is 0 Å². The molecule has 0 amide bonds. The van der Waals surface area contributed by atoms with Crippen molar-refractivity contribution in [2.24, 2.45) is 0 Å². The summed E-state index contributed by atoms with van der Waals surface area (Å²) < 4.78 is 91.1. The summed E-state index contributed by atoms with van der Waals surface area (Å²) in [7, 11) is 0. The zero-order valence-corrected chi connectivity index (χ0v) is 49.2. The molecule has 408 valence electrons. The molecule has 11 aromatic rings. The standard InChI is InChI=1S/C80H70BN3/c1-77(2,3)53-38-42-58(43-39-53)84-71-50-59(82(55-23-13-11-14-24-55)56-25-15-12-16-26-56)44-45-68(71)81-69-47-52(61-30-22-32-65-63-28-18-20-34-67(63)80(9,10)75(61)65)37-46-70(69)83(72-48-54(78(4,5)6)49-73(84)76(72)81)57-40-35-51(36-41-57)60-29-21-31-64-62-27-17-19-33-66(62)79(7,8)74(60)64/h11-50H,1-10H3/i11D,12D,13D,14D,15D,16D,23D,24D,25D,26D. The molecule has 3 nitrogen and oxygen atoms in total. The fourth-order valence-corrected chi connectivity index (χ4v) is 14.4. The van der Waals surface area contributed by atoms with E-state index in [1.54, 1.807) is 6.07 Å². The Morgan fingerprint density at radius 1 is 0.381 bits per heavy atom. The van der Waals surface area contributed by atoms with Gasteiger partial charge >= 0.3 is 0 Å². The Kier molecular flexibility index (Phi) is 9.31. The van der Waals surface area contributed by atoms with Gasteiger partial charge in [-0.3, -0.25) is 0 Å². The van der Waals surface area contributed by atoms with Crippen LogP contribution in [0.1, 0.15) is 116 Å². The first-order chi connectivity index (χ1) is 44.6. The molecule has 84 heavy (non-hydrogen) atoms. The Morgan fingerprint density at radius 3 is 1.38 bits per heavy atom. The lowest BCUT2D eigenvalue weighted by Gasteiger charge is -2.45. The molecule has 0 atom stereocenters. The number of fused-ring (bicyclic) bond motifs is 10. The first-order valence-corrected chi connectivity index (χ1v) is 29.3. The van der Waals surface area contributed by atoms with Crippen LogP contribution in [0.4, 0.5) is 51.2 Å². The number of rotatable bonds is 7.